The maximum atomic E-state index is 13.2. The number of hydrogen-bond acceptors (Lipinski definition) is 6. The molecule has 0 bridgehead atoms. The minimum absolute atomic E-state index is 0.146. The average molecular weight is 512 g/mol. The molecule has 0 aromatic heterocycles. The van der Waals surface area contributed by atoms with E-state index in [0.29, 0.717) is 24.3 Å². The van der Waals surface area contributed by atoms with E-state index in [-0.39, 0.29) is 22.9 Å². The van der Waals surface area contributed by atoms with Crippen molar-refractivity contribution in [1.29, 1.82) is 5.26 Å². The van der Waals surface area contributed by atoms with E-state index in [1.54, 1.807) is 31.4 Å². The van der Waals surface area contributed by atoms with Gasteiger partial charge in [0.05, 0.1) is 34.7 Å². The van der Waals surface area contributed by atoms with E-state index in [1.807, 2.05) is 6.07 Å². The summed E-state index contributed by atoms with van der Waals surface area (Å²) in [7, 11) is 2.91. The normalized spacial score (nSPS) is 14.9. The fourth-order valence-electron chi connectivity index (χ4n) is 4.51. The highest BCUT2D eigenvalue weighted by Crippen LogP contribution is 2.41. The molecule has 3 rings (SSSR count). The third-order valence-corrected chi connectivity index (χ3v) is 6.94. The SMILES string of the molecule is COCCC1(C(=O)NC(Cc2ccc(NC(=O)c3cc(C#N)ccc3Cl)cc2)C(=O)OC)CCCC1. The lowest BCUT2D eigenvalue weighted by Crippen LogP contribution is -2.49. The van der Waals surface area contributed by atoms with Crippen molar-refractivity contribution >= 4 is 35.1 Å². The summed E-state index contributed by atoms with van der Waals surface area (Å²) in [6.07, 6.45) is 4.33. The Bertz CT molecular complexity index is 1140. The molecule has 190 valence electrons. The van der Waals surface area contributed by atoms with Crippen molar-refractivity contribution in [2.75, 3.05) is 26.1 Å². The van der Waals surface area contributed by atoms with E-state index in [2.05, 4.69) is 10.6 Å². The van der Waals surface area contributed by atoms with Crippen LogP contribution in [-0.4, -0.2) is 44.7 Å². The van der Waals surface area contributed by atoms with Crippen LogP contribution in [0.3, 0.4) is 0 Å². The van der Waals surface area contributed by atoms with Crippen LogP contribution in [0.15, 0.2) is 42.5 Å². The molecule has 0 radical (unpaired) electrons. The lowest BCUT2D eigenvalue weighted by molar-refractivity contribution is -0.146. The molecule has 1 atom stereocenters. The molecule has 0 aliphatic heterocycles. The number of ether oxygens (including phenoxy) is 2. The van der Waals surface area contributed by atoms with Gasteiger partial charge in [-0.2, -0.15) is 5.26 Å². The molecule has 36 heavy (non-hydrogen) atoms. The van der Waals surface area contributed by atoms with Crippen molar-refractivity contribution in [3.8, 4) is 6.07 Å². The number of nitrogens with one attached hydrogen (secondary N) is 2. The molecule has 8 nitrogen and oxygen atoms in total. The topological polar surface area (TPSA) is 118 Å². The van der Waals surface area contributed by atoms with Crippen molar-refractivity contribution < 1.29 is 23.9 Å². The van der Waals surface area contributed by atoms with Crippen LogP contribution in [0.2, 0.25) is 5.02 Å². The Hall–Kier alpha value is -3.41. The number of amides is 2. The predicted molar refractivity (Wildman–Crippen MR) is 136 cm³/mol. The molecule has 2 amide bonds. The Morgan fingerprint density at radius 3 is 2.42 bits per heavy atom. The number of carbonyl (C=O) groups is 3. The lowest BCUT2D eigenvalue weighted by Gasteiger charge is -2.29. The number of nitriles is 1. The first-order chi connectivity index (χ1) is 17.3. The second-order valence-electron chi connectivity index (χ2n) is 8.94. The number of benzene rings is 2. The largest absolute Gasteiger partial charge is 0.467 e. The molecule has 1 unspecified atom stereocenters. The highest BCUT2D eigenvalue weighted by molar-refractivity contribution is 6.34. The second-order valence-corrected chi connectivity index (χ2v) is 9.35. The van der Waals surface area contributed by atoms with E-state index in [9.17, 15) is 14.4 Å². The molecule has 1 aliphatic carbocycles. The van der Waals surface area contributed by atoms with Gasteiger partial charge in [-0.05, 0) is 55.2 Å². The number of hydrogen-bond donors (Lipinski definition) is 2. The summed E-state index contributed by atoms with van der Waals surface area (Å²) in [5, 5.41) is 15.0. The molecule has 1 fully saturated rings. The summed E-state index contributed by atoms with van der Waals surface area (Å²) in [6, 6.07) is 12.5. The summed E-state index contributed by atoms with van der Waals surface area (Å²) in [5.41, 5.74) is 1.30. The molecule has 2 aromatic rings. The van der Waals surface area contributed by atoms with Gasteiger partial charge in [0.1, 0.15) is 6.04 Å². The van der Waals surface area contributed by atoms with E-state index >= 15 is 0 Å². The van der Waals surface area contributed by atoms with Gasteiger partial charge in [0.2, 0.25) is 5.91 Å². The van der Waals surface area contributed by atoms with Gasteiger partial charge in [-0.3, -0.25) is 9.59 Å². The molecule has 1 saturated carbocycles. The van der Waals surface area contributed by atoms with Crippen molar-refractivity contribution in [2.45, 2.75) is 44.6 Å². The summed E-state index contributed by atoms with van der Waals surface area (Å²) in [5.74, 6) is -1.11. The standard InChI is InChI=1S/C27H30ClN3O5/c1-35-14-13-27(11-3-4-12-27)26(34)31-23(25(33)36-2)16-18-5-8-20(9-6-18)30-24(32)21-15-19(17-29)7-10-22(21)28/h5-10,15,23H,3-4,11-14,16H2,1-2H3,(H,30,32)(H,31,34). The summed E-state index contributed by atoms with van der Waals surface area (Å²) in [4.78, 5) is 38.3. The molecule has 2 aromatic carbocycles. The van der Waals surface area contributed by atoms with E-state index in [1.165, 1.54) is 25.3 Å². The van der Waals surface area contributed by atoms with Crippen LogP contribution in [0.4, 0.5) is 5.69 Å². The van der Waals surface area contributed by atoms with Crippen LogP contribution in [0.25, 0.3) is 0 Å². The number of anilines is 1. The van der Waals surface area contributed by atoms with E-state index < -0.39 is 23.3 Å². The van der Waals surface area contributed by atoms with Gasteiger partial charge in [0.15, 0.2) is 0 Å². The van der Waals surface area contributed by atoms with Crippen LogP contribution in [0.5, 0.6) is 0 Å². The molecule has 9 heteroatoms. The van der Waals surface area contributed by atoms with E-state index in [0.717, 1.165) is 31.2 Å². The number of halogens is 1. The first kappa shape index (κ1) is 27.2. The first-order valence-corrected chi connectivity index (χ1v) is 12.2. The Morgan fingerprint density at radius 2 is 1.81 bits per heavy atom. The quantitative estimate of drug-likeness (QED) is 0.460. The van der Waals surface area contributed by atoms with Crippen LogP contribution >= 0.6 is 11.6 Å². The van der Waals surface area contributed by atoms with E-state index in [4.69, 9.17) is 26.3 Å². The number of nitrogens with zero attached hydrogens (tertiary/aromatic N) is 1. The summed E-state index contributed by atoms with van der Waals surface area (Å²) in [6.45, 7) is 0.482. The van der Waals surface area contributed by atoms with Gasteiger partial charge in [-0.15, -0.1) is 0 Å². The van der Waals surface area contributed by atoms with Gasteiger partial charge >= 0.3 is 5.97 Å². The molecular weight excluding hydrogens is 482 g/mol. The van der Waals surface area contributed by atoms with Gasteiger partial charge in [-0.1, -0.05) is 36.6 Å². The maximum Gasteiger partial charge on any atom is 0.328 e. The Morgan fingerprint density at radius 1 is 1.11 bits per heavy atom. The Kier molecular flexibility index (Phi) is 9.45. The van der Waals surface area contributed by atoms with Crippen LogP contribution < -0.4 is 10.6 Å². The highest BCUT2D eigenvalue weighted by atomic mass is 35.5. The number of esters is 1. The zero-order valence-electron chi connectivity index (χ0n) is 20.4. The van der Waals surface area contributed by atoms with Crippen molar-refractivity contribution in [3.63, 3.8) is 0 Å². The number of carbonyl (C=O) groups excluding carboxylic acids is 3. The third-order valence-electron chi connectivity index (χ3n) is 6.61. The molecule has 0 spiro atoms. The number of methoxy groups -OCH3 is 2. The summed E-state index contributed by atoms with van der Waals surface area (Å²) < 4.78 is 10.2. The van der Waals surface area contributed by atoms with Gasteiger partial charge in [0.25, 0.3) is 5.91 Å². The molecule has 2 N–H and O–H groups in total. The van der Waals surface area contributed by atoms with Crippen LogP contribution in [-0.2, 0) is 25.5 Å². The Labute approximate surface area is 215 Å². The highest BCUT2D eigenvalue weighted by Gasteiger charge is 2.42. The lowest BCUT2D eigenvalue weighted by atomic mass is 9.81. The maximum absolute atomic E-state index is 13.2. The fourth-order valence-corrected chi connectivity index (χ4v) is 4.72. The Balaban J connectivity index is 1.68. The zero-order chi connectivity index (χ0) is 26.1. The smallest absolute Gasteiger partial charge is 0.328 e. The molecule has 0 saturated heterocycles. The van der Waals surface area contributed by atoms with Gasteiger partial charge < -0.3 is 20.1 Å². The van der Waals surface area contributed by atoms with Crippen molar-refractivity contribution in [3.05, 3.63) is 64.2 Å². The fraction of sp³-hybridized carbons (Fsp3) is 0.407. The second kappa shape index (κ2) is 12.5. The third kappa shape index (κ3) is 6.62. The molecule has 0 heterocycles. The van der Waals surface area contributed by atoms with Crippen molar-refractivity contribution in [1.82, 2.24) is 5.32 Å². The minimum Gasteiger partial charge on any atom is -0.467 e. The zero-order valence-corrected chi connectivity index (χ0v) is 21.2. The molecular formula is C27H30ClN3O5. The molecule has 1 aliphatic rings. The minimum atomic E-state index is -0.838. The van der Waals surface area contributed by atoms with Crippen LogP contribution in [0.1, 0.15) is 53.6 Å². The van der Waals surface area contributed by atoms with Gasteiger partial charge in [-0.25, -0.2) is 4.79 Å². The van der Waals surface area contributed by atoms with Crippen LogP contribution in [0, 0.1) is 16.7 Å². The monoisotopic (exact) mass is 511 g/mol. The summed E-state index contributed by atoms with van der Waals surface area (Å²) >= 11 is 6.11. The average Bonchev–Trinajstić information content (AvgIpc) is 3.38. The number of rotatable bonds is 10. The van der Waals surface area contributed by atoms with Gasteiger partial charge in [0, 0.05) is 25.8 Å². The first-order valence-electron chi connectivity index (χ1n) is 11.8. The predicted octanol–water partition coefficient (Wildman–Crippen LogP) is 4.26. The van der Waals surface area contributed by atoms with Crippen molar-refractivity contribution in [2.24, 2.45) is 5.41 Å².